The number of aromatic nitrogens is 2. The van der Waals surface area contributed by atoms with Crippen molar-refractivity contribution in [2.75, 3.05) is 0 Å². The van der Waals surface area contributed by atoms with Gasteiger partial charge in [0.15, 0.2) is 0 Å². The number of aryl methyl sites for hydroxylation is 2. The SMILES string of the molecule is Cc1ccc(S(N)(=O)=O)cc1-c1cn(C)cn1. The Hall–Kier alpha value is -1.66. The largest absolute Gasteiger partial charge is 0.340 e. The number of nitrogens with zero attached hydrogens (tertiary/aromatic N) is 2. The third-order valence-corrected chi connectivity index (χ3v) is 3.43. The van der Waals surface area contributed by atoms with Crippen LogP contribution in [0.4, 0.5) is 0 Å². The summed E-state index contributed by atoms with van der Waals surface area (Å²) in [6, 6.07) is 4.77. The smallest absolute Gasteiger partial charge is 0.238 e. The summed E-state index contributed by atoms with van der Waals surface area (Å²) < 4.78 is 24.4. The Bertz CT molecular complexity index is 659. The maximum atomic E-state index is 11.3. The van der Waals surface area contributed by atoms with E-state index < -0.39 is 10.0 Å². The van der Waals surface area contributed by atoms with E-state index in [4.69, 9.17) is 5.14 Å². The van der Waals surface area contributed by atoms with E-state index in [0.717, 1.165) is 16.8 Å². The molecule has 6 heteroatoms. The van der Waals surface area contributed by atoms with Crippen LogP contribution in [0.25, 0.3) is 11.3 Å². The molecule has 17 heavy (non-hydrogen) atoms. The van der Waals surface area contributed by atoms with Gasteiger partial charge < -0.3 is 4.57 Å². The number of sulfonamides is 1. The fraction of sp³-hybridized carbons (Fsp3) is 0.182. The first-order valence-corrected chi connectivity index (χ1v) is 6.54. The highest BCUT2D eigenvalue weighted by atomic mass is 32.2. The van der Waals surface area contributed by atoms with Crippen molar-refractivity contribution in [1.82, 2.24) is 9.55 Å². The summed E-state index contributed by atoms with van der Waals surface area (Å²) in [5.41, 5.74) is 2.46. The number of primary sulfonamides is 1. The number of rotatable bonds is 2. The van der Waals surface area contributed by atoms with Crippen LogP contribution in [0.2, 0.25) is 0 Å². The highest BCUT2D eigenvalue weighted by molar-refractivity contribution is 7.89. The quantitative estimate of drug-likeness (QED) is 0.866. The van der Waals surface area contributed by atoms with Crippen LogP contribution in [0, 0.1) is 6.92 Å². The van der Waals surface area contributed by atoms with Gasteiger partial charge in [0.1, 0.15) is 0 Å². The van der Waals surface area contributed by atoms with Gasteiger partial charge >= 0.3 is 0 Å². The molecule has 0 unspecified atom stereocenters. The molecule has 0 aliphatic heterocycles. The molecule has 5 nitrogen and oxygen atoms in total. The Morgan fingerprint density at radius 1 is 1.35 bits per heavy atom. The Morgan fingerprint density at radius 3 is 2.59 bits per heavy atom. The Morgan fingerprint density at radius 2 is 2.06 bits per heavy atom. The topological polar surface area (TPSA) is 78.0 Å². The molecule has 0 saturated carbocycles. The molecule has 90 valence electrons. The van der Waals surface area contributed by atoms with Crippen LogP contribution in [0.1, 0.15) is 5.56 Å². The number of nitrogens with two attached hydrogens (primary N) is 1. The minimum atomic E-state index is -3.68. The molecule has 2 aromatic rings. The van der Waals surface area contributed by atoms with E-state index in [0.29, 0.717) is 0 Å². The molecule has 0 amide bonds. The third-order valence-electron chi connectivity index (χ3n) is 2.52. The van der Waals surface area contributed by atoms with Gasteiger partial charge in [-0.05, 0) is 24.6 Å². The Balaban J connectivity index is 2.62. The van der Waals surface area contributed by atoms with Gasteiger partial charge in [0.05, 0.1) is 16.9 Å². The maximum Gasteiger partial charge on any atom is 0.238 e. The molecule has 0 radical (unpaired) electrons. The van der Waals surface area contributed by atoms with Crippen molar-refractivity contribution >= 4 is 10.0 Å². The van der Waals surface area contributed by atoms with Crippen LogP contribution in [-0.4, -0.2) is 18.0 Å². The maximum absolute atomic E-state index is 11.3. The van der Waals surface area contributed by atoms with Gasteiger partial charge in [0, 0.05) is 18.8 Å². The summed E-state index contributed by atoms with van der Waals surface area (Å²) in [5, 5.41) is 5.11. The second kappa shape index (κ2) is 3.97. The number of imidazole rings is 1. The van der Waals surface area contributed by atoms with Crippen LogP contribution < -0.4 is 5.14 Å². The van der Waals surface area contributed by atoms with E-state index in [1.54, 1.807) is 23.0 Å². The fourth-order valence-electron chi connectivity index (χ4n) is 1.61. The van der Waals surface area contributed by atoms with Crippen LogP contribution in [0.5, 0.6) is 0 Å². The summed E-state index contributed by atoms with van der Waals surface area (Å²) >= 11 is 0. The Kier molecular flexibility index (Phi) is 2.76. The van der Waals surface area contributed by atoms with Crippen LogP contribution in [-0.2, 0) is 17.1 Å². The second-order valence-electron chi connectivity index (χ2n) is 3.95. The molecule has 1 heterocycles. The van der Waals surface area contributed by atoms with Gasteiger partial charge in [-0.25, -0.2) is 18.5 Å². The molecule has 0 fully saturated rings. The summed E-state index contributed by atoms with van der Waals surface area (Å²) in [6.07, 6.45) is 3.49. The molecule has 0 bridgehead atoms. The zero-order valence-electron chi connectivity index (χ0n) is 9.58. The van der Waals surface area contributed by atoms with Crippen molar-refractivity contribution in [3.05, 3.63) is 36.3 Å². The highest BCUT2D eigenvalue weighted by Crippen LogP contribution is 2.24. The lowest BCUT2D eigenvalue weighted by atomic mass is 10.1. The van der Waals surface area contributed by atoms with Crippen LogP contribution in [0.3, 0.4) is 0 Å². The van der Waals surface area contributed by atoms with Crippen LogP contribution in [0.15, 0.2) is 35.6 Å². The molecule has 0 aliphatic rings. The summed E-state index contributed by atoms with van der Waals surface area (Å²) in [6.45, 7) is 1.90. The zero-order chi connectivity index (χ0) is 12.6. The summed E-state index contributed by atoms with van der Waals surface area (Å²) in [7, 11) is -1.82. The highest BCUT2D eigenvalue weighted by Gasteiger charge is 2.12. The lowest BCUT2D eigenvalue weighted by molar-refractivity contribution is 0.598. The van der Waals surface area contributed by atoms with Gasteiger partial charge in [0.2, 0.25) is 10.0 Å². The lowest BCUT2D eigenvalue weighted by Crippen LogP contribution is -2.12. The lowest BCUT2D eigenvalue weighted by Gasteiger charge is -2.05. The van der Waals surface area contributed by atoms with E-state index in [2.05, 4.69) is 4.98 Å². The van der Waals surface area contributed by atoms with Gasteiger partial charge in [-0.2, -0.15) is 0 Å². The van der Waals surface area contributed by atoms with E-state index in [1.165, 1.54) is 6.07 Å². The van der Waals surface area contributed by atoms with E-state index in [1.807, 2.05) is 20.2 Å². The first-order valence-electron chi connectivity index (χ1n) is 5.00. The molecule has 1 aromatic carbocycles. The van der Waals surface area contributed by atoms with Crippen molar-refractivity contribution in [1.29, 1.82) is 0 Å². The molecular formula is C11H13N3O2S. The molecule has 0 atom stereocenters. The van der Waals surface area contributed by atoms with E-state index >= 15 is 0 Å². The molecule has 2 N–H and O–H groups in total. The van der Waals surface area contributed by atoms with Gasteiger partial charge in [0.25, 0.3) is 0 Å². The van der Waals surface area contributed by atoms with Crippen molar-refractivity contribution in [3.8, 4) is 11.3 Å². The summed E-state index contributed by atoms with van der Waals surface area (Å²) in [5.74, 6) is 0. The van der Waals surface area contributed by atoms with Gasteiger partial charge in [-0.1, -0.05) is 6.07 Å². The van der Waals surface area contributed by atoms with Crippen LogP contribution >= 0.6 is 0 Å². The molecule has 0 spiro atoms. The van der Waals surface area contributed by atoms with E-state index in [9.17, 15) is 8.42 Å². The average Bonchev–Trinajstić information content (AvgIpc) is 2.63. The normalized spacial score (nSPS) is 11.7. The molecule has 2 rings (SSSR count). The van der Waals surface area contributed by atoms with Gasteiger partial charge in [-0.3, -0.25) is 0 Å². The van der Waals surface area contributed by atoms with Crippen molar-refractivity contribution in [3.63, 3.8) is 0 Å². The van der Waals surface area contributed by atoms with Crippen molar-refractivity contribution < 1.29 is 8.42 Å². The number of benzene rings is 1. The van der Waals surface area contributed by atoms with Crippen molar-refractivity contribution in [2.24, 2.45) is 12.2 Å². The fourth-order valence-corrected chi connectivity index (χ4v) is 2.15. The number of hydrogen-bond acceptors (Lipinski definition) is 3. The standard InChI is InChI=1S/C11H13N3O2S/c1-8-3-4-9(17(12,15)16)5-10(8)11-6-14(2)7-13-11/h3-7H,1-2H3,(H2,12,15,16). The molecular weight excluding hydrogens is 238 g/mol. The predicted molar refractivity (Wildman–Crippen MR) is 64.8 cm³/mol. The molecule has 0 saturated heterocycles. The number of hydrogen-bond donors (Lipinski definition) is 1. The third kappa shape index (κ3) is 2.37. The average molecular weight is 251 g/mol. The van der Waals surface area contributed by atoms with E-state index in [-0.39, 0.29) is 4.90 Å². The zero-order valence-corrected chi connectivity index (χ0v) is 10.4. The predicted octanol–water partition coefficient (Wildman–Crippen LogP) is 1.04. The monoisotopic (exact) mass is 251 g/mol. The van der Waals surface area contributed by atoms with Crippen molar-refractivity contribution in [2.45, 2.75) is 11.8 Å². The minimum Gasteiger partial charge on any atom is -0.340 e. The Labute approximate surface area is 100.0 Å². The first kappa shape index (κ1) is 11.8. The van der Waals surface area contributed by atoms with Gasteiger partial charge in [-0.15, -0.1) is 0 Å². The molecule has 0 aliphatic carbocycles. The minimum absolute atomic E-state index is 0.101. The molecule has 1 aromatic heterocycles. The summed E-state index contributed by atoms with van der Waals surface area (Å²) in [4.78, 5) is 4.30. The first-order chi connectivity index (χ1) is 7.88. The second-order valence-corrected chi connectivity index (χ2v) is 5.51.